The van der Waals surface area contributed by atoms with Crippen LogP contribution in [0.2, 0.25) is 0 Å². The Kier molecular flexibility index (Phi) is 3.20. The fourth-order valence-corrected chi connectivity index (χ4v) is 1.71. The molecular formula is C9H7LiS. The van der Waals surface area contributed by atoms with Gasteiger partial charge in [-0.25, -0.2) is 23.9 Å². The summed E-state index contributed by atoms with van der Waals surface area (Å²) in [6.07, 6.45) is 4.21. The summed E-state index contributed by atoms with van der Waals surface area (Å²) in [4.78, 5) is 1.35. The van der Waals surface area contributed by atoms with Crippen LogP contribution in [0.3, 0.4) is 0 Å². The average Bonchev–Trinajstić information content (AvgIpc) is 2.05. The molecule has 0 saturated heterocycles. The Balaban J connectivity index is 0.000000605. The van der Waals surface area contributed by atoms with Gasteiger partial charge in [-0.1, -0.05) is 29.8 Å². The summed E-state index contributed by atoms with van der Waals surface area (Å²) >= 11 is 1.78. The molecule has 0 bridgehead atoms. The van der Waals surface area contributed by atoms with Crippen molar-refractivity contribution < 1.29 is 18.9 Å². The normalized spacial score (nSPS) is 12.7. The van der Waals surface area contributed by atoms with E-state index in [1.807, 2.05) is 0 Å². The molecule has 2 heteroatoms. The third-order valence-electron chi connectivity index (χ3n) is 1.47. The molecule has 0 saturated carbocycles. The Hall–Kier alpha value is -0.223. The molecule has 0 atom stereocenters. The summed E-state index contributed by atoms with van der Waals surface area (Å²) in [5.41, 5.74) is 1.33. The summed E-state index contributed by atoms with van der Waals surface area (Å²) < 4.78 is 0. The predicted octanol–water partition coefficient (Wildman–Crippen LogP) is -0.0287. The summed E-state index contributed by atoms with van der Waals surface area (Å²) in [6.45, 7) is 0. The van der Waals surface area contributed by atoms with Crippen molar-refractivity contribution in [3.8, 4) is 0 Å². The van der Waals surface area contributed by atoms with Gasteiger partial charge >= 0.3 is 18.9 Å². The zero-order valence-electron chi connectivity index (χ0n) is 6.45. The standard InChI is InChI=1S/C9H7S.Li/c1-2-6-9-8(4-1)5-3-7-10-9;/h1-7H;/q-1;+1. The SMILES string of the molecule is C1=Cc2ccccc2S[CH-]1.[Li+]. The van der Waals surface area contributed by atoms with E-state index < -0.39 is 0 Å². The largest absolute Gasteiger partial charge is 1.00 e. The van der Waals surface area contributed by atoms with Gasteiger partial charge in [-0.05, 0) is 4.90 Å². The van der Waals surface area contributed by atoms with Gasteiger partial charge in [-0.15, -0.1) is 0 Å². The van der Waals surface area contributed by atoms with Gasteiger partial charge in [0.25, 0.3) is 0 Å². The van der Waals surface area contributed by atoms with Crippen LogP contribution in [-0.4, -0.2) is 0 Å². The maximum Gasteiger partial charge on any atom is 1.00 e. The molecule has 0 N–H and O–H groups in total. The second kappa shape index (κ2) is 3.97. The molecular weight excluding hydrogens is 147 g/mol. The number of hydrogen-bond acceptors (Lipinski definition) is 1. The minimum Gasteiger partial charge on any atom is -0.217 e. The van der Waals surface area contributed by atoms with E-state index in [9.17, 15) is 0 Å². The molecule has 11 heavy (non-hydrogen) atoms. The Bertz CT molecular complexity index is 268. The Morgan fingerprint density at radius 3 is 2.82 bits per heavy atom. The molecule has 50 valence electrons. The summed E-state index contributed by atoms with van der Waals surface area (Å²) in [5.74, 6) is 2.10. The molecule has 1 aromatic rings. The van der Waals surface area contributed by atoms with E-state index in [1.165, 1.54) is 10.5 Å². The molecule has 0 aliphatic carbocycles. The molecule has 0 nitrogen and oxygen atoms in total. The third-order valence-corrected chi connectivity index (χ3v) is 2.39. The van der Waals surface area contributed by atoms with E-state index >= 15 is 0 Å². The van der Waals surface area contributed by atoms with Gasteiger partial charge in [0.15, 0.2) is 0 Å². The van der Waals surface area contributed by atoms with E-state index in [0.29, 0.717) is 0 Å². The first kappa shape index (κ1) is 8.87. The predicted molar refractivity (Wildman–Crippen MR) is 45.6 cm³/mol. The number of benzene rings is 1. The van der Waals surface area contributed by atoms with Gasteiger partial charge in [-0.2, -0.15) is 5.75 Å². The summed E-state index contributed by atoms with van der Waals surface area (Å²) in [7, 11) is 0. The summed E-state index contributed by atoms with van der Waals surface area (Å²) in [6, 6.07) is 8.40. The van der Waals surface area contributed by atoms with E-state index in [1.54, 1.807) is 11.8 Å². The van der Waals surface area contributed by atoms with Crippen LogP contribution in [-0.2, 0) is 0 Å². The molecule has 1 aliphatic rings. The smallest absolute Gasteiger partial charge is 0.217 e. The van der Waals surface area contributed by atoms with Gasteiger partial charge in [0.1, 0.15) is 0 Å². The van der Waals surface area contributed by atoms with E-state index in [2.05, 4.69) is 42.2 Å². The number of hydrogen-bond donors (Lipinski definition) is 0. The van der Waals surface area contributed by atoms with Crippen molar-refractivity contribution in [3.05, 3.63) is 41.7 Å². The summed E-state index contributed by atoms with van der Waals surface area (Å²) in [5, 5.41) is 0. The van der Waals surface area contributed by atoms with Gasteiger partial charge < -0.3 is 0 Å². The molecule has 0 aromatic heterocycles. The minimum atomic E-state index is 0. The van der Waals surface area contributed by atoms with Gasteiger partial charge in [0, 0.05) is 0 Å². The molecule has 0 amide bonds. The fraction of sp³-hybridized carbons (Fsp3) is 0. The number of thioether (sulfide) groups is 1. The number of rotatable bonds is 0. The van der Waals surface area contributed by atoms with E-state index in [4.69, 9.17) is 0 Å². The average molecular weight is 154 g/mol. The second-order valence-corrected chi connectivity index (χ2v) is 3.10. The molecule has 1 heterocycles. The zero-order chi connectivity index (χ0) is 6.81. The van der Waals surface area contributed by atoms with Crippen LogP contribution in [0, 0.1) is 5.75 Å². The van der Waals surface area contributed by atoms with E-state index in [-0.39, 0.29) is 18.9 Å². The van der Waals surface area contributed by atoms with Gasteiger partial charge in [0.2, 0.25) is 0 Å². The van der Waals surface area contributed by atoms with Gasteiger partial charge in [-0.3, -0.25) is 0 Å². The van der Waals surface area contributed by atoms with Crippen LogP contribution in [0.1, 0.15) is 5.56 Å². The molecule has 1 aromatic carbocycles. The molecule has 0 fully saturated rings. The van der Waals surface area contributed by atoms with Gasteiger partial charge in [0.05, 0.1) is 0 Å². The second-order valence-electron chi connectivity index (χ2n) is 2.15. The first-order chi connectivity index (χ1) is 4.97. The monoisotopic (exact) mass is 154 g/mol. The third kappa shape index (κ3) is 1.87. The van der Waals surface area contributed by atoms with Crippen LogP contribution in [0.25, 0.3) is 6.08 Å². The Morgan fingerprint density at radius 2 is 2.00 bits per heavy atom. The first-order valence-electron chi connectivity index (χ1n) is 3.22. The molecule has 1 aliphatic heterocycles. The topological polar surface area (TPSA) is 0 Å². The van der Waals surface area contributed by atoms with Crippen LogP contribution >= 0.6 is 11.8 Å². The van der Waals surface area contributed by atoms with Crippen molar-refractivity contribution in [3.63, 3.8) is 0 Å². The minimum absolute atomic E-state index is 0. The van der Waals surface area contributed by atoms with E-state index in [0.717, 1.165) is 0 Å². The van der Waals surface area contributed by atoms with Crippen molar-refractivity contribution in [2.75, 3.05) is 0 Å². The molecule has 2 rings (SSSR count). The van der Waals surface area contributed by atoms with Crippen molar-refractivity contribution >= 4 is 17.8 Å². The van der Waals surface area contributed by atoms with Crippen LogP contribution in [0.4, 0.5) is 0 Å². The molecule has 0 radical (unpaired) electrons. The maximum absolute atomic E-state index is 2.14. The van der Waals surface area contributed by atoms with Crippen molar-refractivity contribution in [1.29, 1.82) is 0 Å². The fourth-order valence-electron chi connectivity index (χ4n) is 0.981. The Labute approximate surface area is 83.3 Å². The first-order valence-corrected chi connectivity index (χ1v) is 4.10. The molecule has 0 unspecified atom stereocenters. The van der Waals surface area contributed by atoms with Crippen molar-refractivity contribution in [2.45, 2.75) is 4.90 Å². The molecule has 0 spiro atoms. The number of fused-ring (bicyclic) bond motifs is 1. The van der Waals surface area contributed by atoms with Crippen LogP contribution in [0.15, 0.2) is 35.2 Å². The Morgan fingerprint density at radius 1 is 1.18 bits per heavy atom. The van der Waals surface area contributed by atoms with Crippen molar-refractivity contribution in [2.24, 2.45) is 0 Å². The van der Waals surface area contributed by atoms with Crippen LogP contribution in [0.5, 0.6) is 0 Å². The van der Waals surface area contributed by atoms with Crippen molar-refractivity contribution in [1.82, 2.24) is 0 Å². The van der Waals surface area contributed by atoms with Crippen LogP contribution < -0.4 is 18.9 Å². The maximum atomic E-state index is 2.14. The quantitative estimate of drug-likeness (QED) is 0.373. The zero-order valence-corrected chi connectivity index (χ0v) is 7.27.